The van der Waals surface area contributed by atoms with Crippen LogP contribution < -0.4 is 10.1 Å². The molecule has 2 aromatic carbocycles. The number of fused-ring (bicyclic) bond motifs is 1. The number of benzene rings is 2. The van der Waals surface area contributed by atoms with Gasteiger partial charge in [0.2, 0.25) is 0 Å². The number of H-pyrrole nitrogens is 1. The molecular weight excluding hydrogens is 374 g/mol. The van der Waals surface area contributed by atoms with Crippen LogP contribution in [0.3, 0.4) is 0 Å². The molecule has 1 aromatic heterocycles. The van der Waals surface area contributed by atoms with E-state index in [2.05, 4.69) is 16.4 Å². The van der Waals surface area contributed by atoms with Crippen molar-refractivity contribution in [1.82, 2.24) is 4.98 Å². The molecule has 0 fully saturated rings. The maximum absolute atomic E-state index is 12.9. The number of aliphatic hydroxyl groups excluding tert-OH is 1. The van der Waals surface area contributed by atoms with Crippen molar-refractivity contribution in [3.8, 4) is 17.0 Å². The maximum Gasteiger partial charge on any atom is 0.263 e. The number of anilines is 2. The summed E-state index contributed by atoms with van der Waals surface area (Å²) in [5.41, 5.74) is 4.83. The Hall–Kier alpha value is -2.86. The molecule has 0 saturated carbocycles. The molecule has 0 saturated heterocycles. The Morgan fingerprint density at radius 2 is 2.00 bits per heavy atom. The van der Waals surface area contributed by atoms with Gasteiger partial charge in [0.15, 0.2) is 0 Å². The summed E-state index contributed by atoms with van der Waals surface area (Å²) in [5, 5.41) is 13.5. The molecule has 3 aromatic rings. The van der Waals surface area contributed by atoms with Crippen LogP contribution in [0, 0.1) is 0 Å². The number of aromatic nitrogens is 1. The van der Waals surface area contributed by atoms with Crippen LogP contribution in [0.4, 0.5) is 20.3 Å². The van der Waals surface area contributed by atoms with Crippen LogP contribution in [0.25, 0.3) is 11.3 Å². The number of halogens is 2. The number of aryl methyl sites for hydroxylation is 1. The van der Waals surface area contributed by atoms with Gasteiger partial charge in [-0.25, -0.2) is 8.78 Å². The predicted octanol–water partition coefficient (Wildman–Crippen LogP) is 5.61. The molecule has 0 unspecified atom stereocenters. The van der Waals surface area contributed by atoms with Crippen LogP contribution >= 0.6 is 0 Å². The third-order valence-electron chi connectivity index (χ3n) is 5.26. The summed E-state index contributed by atoms with van der Waals surface area (Å²) in [6, 6.07) is 14.2. The number of aliphatic hydroxyl groups is 1. The molecule has 1 heterocycles. The van der Waals surface area contributed by atoms with Crippen molar-refractivity contribution in [2.45, 2.75) is 38.7 Å². The van der Waals surface area contributed by atoms with E-state index in [1.54, 1.807) is 12.1 Å². The van der Waals surface area contributed by atoms with E-state index in [0.29, 0.717) is 18.8 Å². The summed E-state index contributed by atoms with van der Waals surface area (Å²) >= 11 is 0. The monoisotopic (exact) mass is 398 g/mol. The van der Waals surface area contributed by atoms with Crippen LogP contribution in [-0.4, -0.2) is 22.8 Å². The fourth-order valence-corrected chi connectivity index (χ4v) is 3.81. The van der Waals surface area contributed by atoms with Gasteiger partial charge >= 0.3 is 0 Å². The van der Waals surface area contributed by atoms with Gasteiger partial charge in [-0.1, -0.05) is 36.4 Å². The number of hydrogen-bond acceptors (Lipinski definition) is 3. The largest absolute Gasteiger partial charge is 0.492 e. The van der Waals surface area contributed by atoms with Crippen molar-refractivity contribution in [1.29, 1.82) is 0 Å². The van der Waals surface area contributed by atoms with Gasteiger partial charge < -0.3 is 20.1 Å². The normalized spacial score (nSPS) is 16.0. The molecule has 152 valence electrons. The maximum atomic E-state index is 12.9. The molecule has 0 spiro atoms. The number of nitrogens with one attached hydrogen (secondary N) is 2. The molecule has 29 heavy (non-hydrogen) atoms. The average molecular weight is 398 g/mol. The fourth-order valence-electron chi connectivity index (χ4n) is 3.81. The first-order valence-electron chi connectivity index (χ1n) is 9.85. The quantitative estimate of drug-likeness (QED) is 0.506. The Bertz CT molecular complexity index is 983. The standard InChI is InChI=1S/C23H24F2N2O2/c1-2-29-20-13-21(27-22(20)15-6-8-16(9-7-15)23(24)25)26-19-5-3-4-14-10-11-17(28)12-18(14)19/h3-9,13,17,23,26-28H,2,10-12H2,1H3/t17-/m1/s1. The van der Waals surface area contributed by atoms with Crippen LogP contribution in [0.5, 0.6) is 5.75 Å². The molecule has 0 radical (unpaired) electrons. The van der Waals surface area contributed by atoms with E-state index in [9.17, 15) is 13.9 Å². The zero-order valence-electron chi connectivity index (χ0n) is 16.2. The topological polar surface area (TPSA) is 57.3 Å². The van der Waals surface area contributed by atoms with Gasteiger partial charge in [-0.15, -0.1) is 0 Å². The molecule has 4 rings (SSSR count). The van der Waals surface area contributed by atoms with Crippen LogP contribution in [0.2, 0.25) is 0 Å². The molecule has 1 aliphatic rings. The first kappa shape index (κ1) is 19.5. The van der Waals surface area contributed by atoms with Crippen molar-refractivity contribution in [2.75, 3.05) is 11.9 Å². The number of hydrogen-bond donors (Lipinski definition) is 3. The summed E-state index contributed by atoms with van der Waals surface area (Å²) < 4.78 is 31.5. The average Bonchev–Trinajstić information content (AvgIpc) is 3.11. The predicted molar refractivity (Wildman–Crippen MR) is 110 cm³/mol. The van der Waals surface area contributed by atoms with Gasteiger partial charge in [-0.2, -0.15) is 0 Å². The van der Waals surface area contributed by atoms with Gasteiger partial charge in [-0.05, 0) is 37.0 Å². The Morgan fingerprint density at radius 3 is 2.72 bits per heavy atom. The van der Waals surface area contributed by atoms with Gasteiger partial charge in [0.05, 0.1) is 18.4 Å². The number of alkyl halides is 2. The second-order valence-electron chi connectivity index (χ2n) is 7.24. The third-order valence-corrected chi connectivity index (χ3v) is 5.26. The van der Waals surface area contributed by atoms with E-state index in [1.165, 1.54) is 17.7 Å². The summed E-state index contributed by atoms with van der Waals surface area (Å²) in [4.78, 5) is 3.31. The van der Waals surface area contributed by atoms with Gasteiger partial charge in [0.25, 0.3) is 6.43 Å². The zero-order valence-corrected chi connectivity index (χ0v) is 16.2. The Morgan fingerprint density at radius 1 is 1.21 bits per heavy atom. The Balaban J connectivity index is 1.65. The zero-order chi connectivity index (χ0) is 20.4. The highest BCUT2D eigenvalue weighted by atomic mass is 19.3. The lowest BCUT2D eigenvalue weighted by molar-refractivity contribution is 0.151. The van der Waals surface area contributed by atoms with E-state index in [0.717, 1.165) is 41.2 Å². The molecule has 0 amide bonds. The molecule has 1 aliphatic carbocycles. The SMILES string of the molecule is CCOc1cc(Nc2cccc3c2C[C@H](O)CC3)[nH]c1-c1ccc(C(F)F)cc1. The molecule has 0 bridgehead atoms. The summed E-state index contributed by atoms with van der Waals surface area (Å²) in [5.74, 6) is 1.40. The van der Waals surface area contributed by atoms with E-state index in [1.807, 2.05) is 25.1 Å². The molecule has 1 atom stereocenters. The van der Waals surface area contributed by atoms with Crippen molar-refractivity contribution in [2.24, 2.45) is 0 Å². The van der Waals surface area contributed by atoms with Crippen LogP contribution in [0.15, 0.2) is 48.5 Å². The number of aromatic amines is 1. The van der Waals surface area contributed by atoms with E-state index >= 15 is 0 Å². The molecule has 6 heteroatoms. The third kappa shape index (κ3) is 4.12. The minimum atomic E-state index is -2.49. The Kier molecular flexibility index (Phi) is 5.53. The second-order valence-corrected chi connectivity index (χ2v) is 7.24. The van der Waals surface area contributed by atoms with Crippen LogP contribution in [0.1, 0.15) is 36.5 Å². The van der Waals surface area contributed by atoms with Crippen molar-refractivity contribution in [3.05, 3.63) is 65.2 Å². The van der Waals surface area contributed by atoms with E-state index < -0.39 is 6.43 Å². The van der Waals surface area contributed by atoms with Gasteiger partial charge in [0, 0.05) is 29.3 Å². The highest BCUT2D eigenvalue weighted by Crippen LogP contribution is 2.36. The van der Waals surface area contributed by atoms with Crippen molar-refractivity contribution < 1.29 is 18.6 Å². The molecule has 4 nitrogen and oxygen atoms in total. The highest BCUT2D eigenvalue weighted by Gasteiger charge is 2.20. The van der Waals surface area contributed by atoms with Gasteiger partial charge in [-0.3, -0.25) is 0 Å². The molecule has 3 N–H and O–H groups in total. The first-order valence-corrected chi connectivity index (χ1v) is 9.85. The van der Waals surface area contributed by atoms with Gasteiger partial charge in [0.1, 0.15) is 11.6 Å². The Labute approximate surface area is 168 Å². The van der Waals surface area contributed by atoms with Crippen molar-refractivity contribution >= 4 is 11.5 Å². The summed E-state index contributed by atoms with van der Waals surface area (Å²) in [7, 11) is 0. The van der Waals surface area contributed by atoms with E-state index in [4.69, 9.17) is 4.74 Å². The summed E-state index contributed by atoms with van der Waals surface area (Å²) in [6.45, 7) is 2.39. The smallest absolute Gasteiger partial charge is 0.263 e. The van der Waals surface area contributed by atoms with E-state index in [-0.39, 0.29) is 11.7 Å². The lowest BCUT2D eigenvalue weighted by Gasteiger charge is -2.23. The minimum absolute atomic E-state index is 0.00825. The number of rotatable bonds is 6. The number of ether oxygens (including phenoxy) is 1. The first-order chi connectivity index (χ1) is 14.0. The second kappa shape index (κ2) is 8.25. The summed E-state index contributed by atoms with van der Waals surface area (Å²) in [6.07, 6.45) is -0.540. The van der Waals surface area contributed by atoms with Crippen molar-refractivity contribution in [3.63, 3.8) is 0 Å². The molecular formula is C23H24F2N2O2. The fraction of sp³-hybridized carbons (Fsp3) is 0.304. The van der Waals surface area contributed by atoms with Crippen LogP contribution in [-0.2, 0) is 12.8 Å². The minimum Gasteiger partial charge on any atom is -0.492 e. The molecule has 0 aliphatic heterocycles. The highest BCUT2D eigenvalue weighted by molar-refractivity contribution is 5.74. The lowest BCUT2D eigenvalue weighted by Crippen LogP contribution is -2.19. The lowest BCUT2D eigenvalue weighted by atomic mass is 9.88.